The molecule has 138 valence electrons. The third-order valence-electron chi connectivity index (χ3n) is 5.31. The van der Waals surface area contributed by atoms with Crippen LogP contribution in [0, 0.1) is 5.82 Å². The van der Waals surface area contributed by atoms with Crippen molar-refractivity contribution >= 4 is 11.3 Å². The fourth-order valence-corrected chi connectivity index (χ4v) is 5.06. The number of nitrogens with zero attached hydrogens (tertiary/aromatic N) is 1. The monoisotopic (exact) mass is 381 g/mol. The van der Waals surface area contributed by atoms with Crippen LogP contribution in [0.25, 0.3) is 0 Å². The Kier molecular flexibility index (Phi) is 4.44. The summed E-state index contributed by atoms with van der Waals surface area (Å²) in [6, 6.07) is 16.1. The van der Waals surface area contributed by atoms with E-state index in [1.165, 1.54) is 22.1 Å². The highest BCUT2D eigenvalue weighted by molar-refractivity contribution is 7.10. The first-order valence-electron chi connectivity index (χ1n) is 9.17. The predicted octanol–water partition coefficient (Wildman–Crippen LogP) is 4.90. The van der Waals surface area contributed by atoms with Gasteiger partial charge in [-0.3, -0.25) is 4.90 Å². The SMILES string of the molecule is Fc1cc2c(c(CN3CCc4sccc4[C@@H]3c3ccccc3)c1)OCOC2. The molecule has 0 unspecified atom stereocenters. The summed E-state index contributed by atoms with van der Waals surface area (Å²) in [5.41, 5.74) is 4.33. The van der Waals surface area contributed by atoms with E-state index < -0.39 is 0 Å². The number of halogens is 1. The van der Waals surface area contributed by atoms with Gasteiger partial charge in [-0.15, -0.1) is 11.3 Å². The Bertz CT molecular complexity index is 956. The van der Waals surface area contributed by atoms with Gasteiger partial charge in [-0.1, -0.05) is 30.3 Å². The summed E-state index contributed by atoms with van der Waals surface area (Å²) in [4.78, 5) is 3.88. The van der Waals surface area contributed by atoms with Gasteiger partial charge in [0.15, 0.2) is 6.79 Å². The fraction of sp³-hybridized carbons (Fsp3) is 0.273. The highest BCUT2D eigenvalue weighted by atomic mass is 32.1. The van der Waals surface area contributed by atoms with Gasteiger partial charge in [0.2, 0.25) is 0 Å². The largest absolute Gasteiger partial charge is 0.467 e. The van der Waals surface area contributed by atoms with Crippen molar-refractivity contribution in [2.75, 3.05) is 13.3 Å². The lowest BCUT2D eigenvalue weighted by atomic mass is 9.92. The Hall–Kier alpha value is -2.21. The zero-order valence-corrected chi connectivity index (χ0v) is 15.7. The number of fused-ring (bicyclic) bond motifs is 2. The van der Waals surface area contributed by atoms with Crippen LogP contribution in [0.5, 0.6) is 5.75 Å². The van der Waals surface area contributed by atoms with Gasteiger partial charge in [-0.25, -0.2) is 4.39 Å². The molecule has 0 amide bonds. The summed E-state index contributed by atoms with van der Waals surface area (Å²) < 4.78 is 25.2. The summed E-state index contributed by atoms with van der Waals surface area (Å²) in [7, 11) is 0. The highest BCUT2D eigenvalue weighted by Gasteiger charge is 2.30. The van der Waals surface area contributed by atoms with E-state index in [0.717, 1.165) is 29.8 Å². The number of rotatable bonds is 3. The smallest absolute Gasteiger partial charge is 0.189 e. The van der Waals surface area contributed by atoms with Crippen molar-refractivity contribution in [2.24, 2.45) is 0 Å². The number of ether oxygens (including phenoxy) is 2. The van der Waals surface area contributed by atoms with E-state index in [-0.39, 0.29) is 18.7 Å². The second kappa shape index (κ2) is 7.08. The molecule has 0 saturated carbocycles. The van der Waals surface area contributed by atoms with Crippen molar-refractivity contribution < 1.29 is 13.9 Å². The molecule has 3 heterocycles. The van der Waals surface area contributed by atoms with Crippen molar-refractivity contribution in [3.8, 4) is 5.75 Å². The Balaban J connectivity index is 1.54. The van der Waals surface area contributed by atoms with Crippen LogP contribution >= 0.6 is 11.3 Å². The van der Waals surface area contributed by atoms with E-state index in [1.807, 2.05) is 17.4 Å². The molecule has 5 heteroatoms. The zero-order chi connectivity index (χ0) is 18.2. The molecular formula is C22H20FNO2S. The van der Waals surface area contributed by atoms with Gasteiger partial charge in [0.25, 0.3) is 0 Å². The number of hydrogen-bond acceptors (Lipinski definition) is 4. The highest BCUT2D eigenvalue weighted by Crippen LogP contribution is 2.40. The standard InChI is InChI=1S/C22H20FNO2S/c23-18-10-16(22-17(11-18)13-25-14-26-22)12-24-8-6-20-19(7-9-27-20)21(24)15-4-2-1-3-5-15/h1-5,7,9-11,21H,6,8,12-14H2/t21-/m0/s1. The summed E-state index contributed by atoms with van der Waals surface area (Å²) >= 11 is 1.83. The molecule has 0 radical (unpaired) electrons. The lowest BCUT2D eigenvalue weighted by molar-refractivity contribution is -0.0178. The van der Waals surface area contributed by atoms with Gasteiger partial charge in [0.05, 0.1) is 12.6 Å². The van der Waals surface area contributed by atoms with E-state index in [1.54, 1.807) is 6.07 Å². The van der Waals surface area contributed by atoms with Crippen LogP contribution in [0.2, 0.25) is 0 Å². The maximum Gasteiger partial charge on any atom is 0.189 e. The number of thiophene rings is 1. The lowest BCUT2D eigenvalue weighted by Gasteiger charge is -2.37. The molecule has 1 aromatic heterocycles. The summed E-state index contributed by atoms with van der Waals surface area (Å²) in [6.45, 7) is 2.21. The third-order valence-corrected chi connectivity index (χ3v) is 6.30. The first-order valence-corrected chi connectivity index (χ1v) is 10.0. The number of benzene rings is 2. The summed E-state index contributed by atoms with van der Waals surface area (Å²) in [6.07, 6.45) is 1.03. The minimum absolute atomic E-state index is 0.181. The van der Waals surface area contributed by atoms with E-state index in [0.29, 0.717) is 13.2 Å². The fourth-order valence-electron chi connectivity index (χ4n) is 4.16. The lowest BCUT2D eigenvalue weighted by Crippen LogP contribution is -2.35. The molecule has 2 aliphatic rings. The molecule has 27 heavy (non-hydrogen) atoms. The third kappa shape index (κ3) is 3.16. The molecule has 0 spiro atoms. The van der Waals surface area contributed by atoms with Gasteiger partial charge in [-0.2, -0.15) is 0 Å². The van der Waals surface area contributed by atoms with Crippen LogP contribution in [0.15, 0.2) is 53.9 Å². The average Bonchev–Trinajstić information content (AvgIpc) is 3.17. The Morgan fingerprint density at radius 1 is 1.15 bits per heavy atom. The molecule has 0 fully saturated rings. The van der Waals surface area contributed by atoms with E-state index >= 15 is 0 Å². The van der Waals surface area contributed by atoms with Crippen molar-refractivity contribution in [3.63, 3.8) is 0 Å². The quantitative estimate of drug-likeness (QED) is 0.644. The maximum absolute atomic E-state index is 14.2. The van der Waals surface area contributed by atoms with Crippen LogP contribution in [-0.2, 0) is 24.3 Å². The molecular weight excluding hydrogens is 361 g/mol. The van der Waals surface area contributed by atoms with Gasteiger partial charge in [0, 0.05) is 29.1 Å². The predicted molar refractivity (Wildman–Crippen MR) is 103 cm³/mol. The van der Waals surface area contributed by atoms with Crippen molar-refractivity contribution in [3.05, 3.63) is 86.9 Å². The molecule has 3 nitrogen and oxygen atoms in total. The Morgan fingerprint density at radius 2 is 2.04 bits per heavy atom. The van der Waals surface area contributed by atoms with Gasteiger partial charge in [-0.05, 0) is 41.1 Å². The van der Waals surface area contributed by atoms with Crippen molar-refractivity contribution in [1.82, 2.24) is 4.90 Å². The summed E-state index contributed by atoms with van der Waals surface area (Å²) in [5.74, 6) is 0.549. The first kappa shape index (κ1) is 16.9. The normalized spacial score (nSPS) is 19.2. The van der Waals surface area contributed by atoms with Gasteiger partial charge >= 0.3 is 0 Å². The van der Waals surface area contributed by atoms with Crippen molar-refractivity contribution in [2.45, 2.75) is 25.6 Å². The van der Waals surface area contributed by atoms with Crippen LogP contribution in [0.1, 0.15) is 33.2 Å². The van der Waals surface area contributed by atoms with Gasteiger partial charge < -0.3 is 9.47 Å². The maximum atomic E-state index is 14.2. The van der Waals surface area contributed by atoms with E-state index in [2.05, 4.69) is 40.6 Å². The molecule has 3 aromatic rings. The Labute approximate surface area is 162 Å². The topological polar surface area (TPSA) is 21.7 Å². The van der Waals surface area contributed by atoms with Crippen LogP contribution in [0.3, 0.4) is 0 Å². The van der Waals surface area contributed by atoms with Gasteiger partial charge in [0.1, 0.15) is 11.6 Å². The van der Waals surface area contributed by atoms with Crippen LogP contribution in [0.4, 0.5) is 4.39 Å². The minimum atomic E-state index is -0.234. The molecule has 2 aromatic carbocycles. The average molecular weight is 381 g/mol. The molecule has 2 aliphatic heterocycles. The van der Waals surface area contributed by atoms with Crippen molar-refractivity contribution in [1.29, 1.82) is 0 Å². The molecule has 0 N–H and O–H groups in total. The second-order valence-corrected chi connectivity index (χ2v) is 8.00. The summed E-state index contributed by atoms with van der Waals surface area (Å²) in [5, 5.41) is 2.18. The van der Waals surface area contributed by atoms with E-state index in [9.17, 15) is 4.39 Å². The van der Waals surface area contributed by atoms with E-state index in [4.69, 9.17) is 9.47 Å². The second-order valence-electron chi connectivity index (χ2n) is 7.00. The first-order chi connectivity index (χ1) is 13.3. The van der Waals surface area contributed by atoms with Crippen LogP contribution in [-0.4, -0.2) is 18.2 Å². The molecule has 0 aliphatic carbocycles. The minimum Gasteiger partial charge on any atom is -0.467 e. The molecule has 1 atom stereocenters. The molecule has 0 saturated heterocycles. The zero-order valence-electron chi connectivity index (χ0n) is 14.9. The Morgan fingerprint density at radius 3 is 2.93 bits per heavy atom. The number of hydrogen-bond donors (Lipinski definition) is 0. The van der Waals surface area contributed by atoms with Crippen LogP contribution < -0.4 is 4.74 Å². The molecule has 5 rings (SSSR count). The molecule has 0 bridgehead atoms.